The third-order valence-electron chi connectivity index (χ3n) is 3.22. The smallest absolute Gasteiger partial charge is 0.203 e. The van der Waals surface area contributed by atoms with Gasteiger partial charge in [-0.1, -0.05) is 23.2 Å². The Balaban J connectivity index is 1.81. The fourth-order valence-corrected chi connectivity index (χ4v) is 2.46. The van der Waals surface area contributed by atoms with Gasteiger partial charge in [-0.25, -0.2) is 9.97 Å². The average Bonchev–Trinajstić information content (AvgIpc) is 3.13. The van der Waals surface area contributed by atoms with Crippen molar-refractivity contribution in [2.24, 2.45) is 0 Å². The van der Waals surface area contributed by atoms with Crippen molar-refractivity contribution in [2.75, 3.05) is 11.9 Å². The fourth-order valence-electron chi connectivity index (χ4n) is 2.17. The lowest BCUT2D eigenvalue weighted by atomic mass is 10.3. The first-order valence-corrected chi connectivity index (χ1v) is 7.66. The molecule has 2 heterocycles. The maximum Gasteiger partial charge on any atom is 0.203 e. The van der Waals surface area contributed by atoms with Crippen molar-refractivity contribution in [1.82, 2.24) is 19.1 Å². The molecule has 1 aromatic carbocycles. The first-order valence-electron chi connectivity index (χ1n) is 6.90. The molecule has 0 aliphatic heterocycles. The molecule has 0 radical (unpaired) electrons. The minimum atomic E-state index is 0.526. The van der Waals surface area contributed by atoms with E-state index in [0.717, 1.165) is 23.9 Å². The standard InChI is InChI=1S/C15H15Cl2N5/c1-2-18-15-19-5-6-21(15)8-11-9-22(10-20-11)12-3-4-13(16)14(17)7-12/h3-7,9-10H,2,8H2,1H3,(H,18,19). The first kappa shape index (κ1) is 14.9. The Kier molecular flexibility index (Phi) is 4.36. The summed E-state index contributed by atoms with van der Waals surface area (Å²) in [4.78, 5) is 8.70. The van der Waals surface area contributed by atoms with Crippen LogP contribution in [0, 0.1) is 0 Å². The Labute approximate surface area is 138 Å². The highest BCUT2D eigenvalue weighted by Gasteiger charge is 2.07. The van der Waals surface area contributed by atoms with E-state index in [9.17, 15) is 0 Å². The number of imidazole rings is 2. The van der Waals surface area contributed by atoms with Crippen molar-refractivity contribution in [2.45, 2.75) is 13.5 Å². The summed E-state index contributed by atoms with van der Waals surface area (Å²) in [7, 11) is 0. The number of anilines is 1. The molecule has 2 aromatic heterocycles. The van der Waals surface area contributed by atoms with E-state index < -0.39 is 0 Å². The molecule has 0 bridgehead atoms. The zero-order valence-electron chi connectivity index (χ0n) is 12.0. The summed E-state index contributed by atoms with van der Waals surface area (Å²) in [5.74, 6) is 0.839. The number of hydrogen-bond donors (Lipinski definition) is 1. The van der Waals surface area contributed by atoms with Crippen LogP contribution in [-0.2, 0) is 6.54 Å². The number of benzene rings is 1. The highest BCUT2D eigenvalue weighted by Crippen LogP contribution is 2.24. The number of nitrogens with zero attached hydrogens (tertiary/aromatic N) is 4. The molecule has 0 aliphatic carbocycles. The predicted molar refractivity (Wildman–Crippen MR) is 89.1 cm³/mol. The van der Waals surface area contributed by atoms with Gasteiger partial charge in [0.1, 0.15) is 0 Å². The molecule has 0 spiro atoms. The zero-order valence-corrected chi connectivity index (χ0v) is 13.5. The van der Waals surface area contributed by atoms with Crippen LogP contribution in [0.2, 0.25) is 10.0 Å². The molecule has 0 aliphatic rings. The van der Waals surface area contributed by atoms with Crippen molar-refractivity contribution in [3.05, 3.63) is 58.9 Å². The lowest BCUT2D eigenvalue weighted by molar-refractivity contribution is 0.781. The Bertz CT molecular complexity index is 778. The topological polar surface area (TPSA) is 47.7 Å². The highest BCUT2D eigenvalue weighted by molar-refractivity contribution is 6.42. The number of hydrogen-bond acceptors (Lipinski definition) is 3. The van der Waals surface area contributed by atoms with Gasteiger partial charge < -0.3 is 14.5 Å². The molecule has 7 heteroatoms. The van der Waals surface area contributed by atoms with Crippen molar-refractivity contribution in [3.63, 3.8) is 0 Å². The summed E-state index contributed by atoms with van der Waals surface area (Å²) in [5, 5.41) is 4.28. The number of halogens is 2. The predicted octanol–water partition coefficient (Wildman–Crippen LogP) is 3.86. The van der Waals surface area contributed by atoms with Crippen molar-refractivity contribution in [3.8, 4) is 5.69 Å². The molecule has 0 atom stereocenters. The molecule has 22 heavy (non-hydrogen) atoms. The normalized spacial score (nSPS) is 10.9. The summed E-state index contributed by atoms with van der Waals surface area (Å²) in [5.41, 5.74) is 1.86. The van der Waals surface area contributed by atoms with Crippen LogP contribution in [0.1, 0.15) is 12.6 Å². The molecule has 0 saturated heterocycles. The zero-order chi connectivity index (χ0) is 15.5. The van der Waals surface area contributed by atoms with E-state index in [2.05, 4.69) is 15.3 Å². The van der Waals surface area contributed by atoms with E-state index in [-0.39, 0.29) is 0 Å². The fraction of sp³-hybridized carbons (Fsp3) is 0.200. The highest BCUT2D eigenvalue weighted by atomic mass is 35.5. The monoisotopic (exact) mass is 335 g/mol. The van der Waals surface area contributed by atoms with Crippen LogP contribution in [0.15, 0.2) is 43.1 Å². The molecular formula is C15H15Cl2N5. The molecule has 3 rings (SSSR count). The van der Waals surface area contributed by atoms with Crippen molar-refractivity contribution >= 4 is 29.2 Å². The second-order valence-electron chi connectivity index (χ2n) is 4.78. The SMILES string of the molecule is CCNc1nccn1Cc1cn(-c2ccc(Cl)c(Cl)c2)cn1. The Morgan fingerprint density at radius 1 is 1.18 bits per heavy atom. The summed E-state index contributed by atoms with van der Waals surface area (Å²) in [6, 6.07) is 5.50. The quantitative estimate of drug-likeness (QED) is 0.770. The van der Waals surface area contributed by atoms with E-state index in [4.69, 9.17) is 23.2 Å². The summed E-state index contributed by atoms with van der Waals surface area (Å²) < 4.78 is 3.94. The first-order chi connectivity index (χ1) is 10.7. The number of aromatic nitrogens is 4. The third kappa shape index (κ3) is 3.10. The molecule has 3 aromatic rings. The van der Waals surface area contributed by atoms with Gasteiger partial charge in [-0.15, -0.1) is 0 Å². The minimum absolute atomic E-state index is 0.526. The largest absolute Gasteiger partial charge is 0.356 e. The van der Waals surface area contributed by atoms with Crippen LogP contribution in [0.4, 0.5) is 5.95 Å². The van der Waals surface area contributed by atoms with Gasteiger partial charge in [0.25, 0.3) is 0 Å². The Hall–Kier alpha value is -1.98. The van der Waals surface area contributed by atoms with Crippen LogP contribution in [0.3, 0.4) is 0 Å². The van der Waals surface area contributed by atoms with Crippen molar-refractivity contribution in [1.29, 1.82) is 0 Å². The summed E-state index contributed by atoms with van der Waals surface area (Å²) in [6.07, 6.45) is 7.43. The number of rotatable bonds is 5. The van der Waals surface area contributed by atoms with Gasteiger partial charge in [0.2, 0.25) is 5.95 Å². The molecule has 5 nitrogen and oxygen atoms in total. The third-order valence-corrected chi connectivity index (χ3v) is 3.96. The van der Waals surface area contributed by atoms with Crippen molar-refractivity contribution < 1.29 is 0 Å². The van der Waals surface area contributed by atoms with Gasteiger partial charge in [0.15, 0.2) is 0 Å². The van der Waals surface area contributed by atoms with Crippen LogP contribution < -0.4 is 5.32 Å². The van der Waals surface area contributed by atoms with Crippen LogP contribution in [0.25, 0.3) is 5.69 Å². The maximum atomic E-state index is 6.05. The molecule has 0 unspecified atom stereocenters. The average molecular weight is 336 g/mol. The van der Waals surface area contributed by atoms with Crippen LogP contribution in [-0.4, -0.2) is 25.6 Å². The minimum Gasteiger partial charge on any atom is -0.356 e. The summed E-state index contributed by atoms with van der Waals surface area (Å²) >= 11 is 12.0. The molecule has 1 N–H and O–H groups in total. The Morgan fingerprint density at radius 3 is 2.82 bits per heavy atom. The van der Waals surface area contributed by atoms with Crippen LogP contribution >= 0.6 is 23.2 Å². The molecular weight excluding hydrogens is 321 g/mol. The van der Waals surface area contributed by atoms with Gasteiger partial charge in [-0.05, 0) is 25.1 Å². The summed E-state index contributed by atoms with van der Waals surface area (Å²) in [6.45, 7) is 3.52. The maximum absolute atomic E-state index is 6.05. The van der Waals surface area contributed by atoms with Gasteiger partial charge in [0.05, 0.1) is 28.6 Å². The second-order valence-corrected chi connectivity index (χ2v) is 5.59. The van der Waals surface area contributed by atoms with E-state index in [0.29, 0.717) is 16.6 Å². The van der Waals surface area contributed by atoms with Gasteiger partial charge >= 0.3 is 0 Å². The number of nitrogens with one attached hydrogen (secondary N) is 1. The second kappa shape index (κ2) is 6.42. The lowest BCUT2D eigenvalue weighted by Crippen LogP contribution is -2.07. The van der Waals surface area contributed by atoms with E-state index in [1.807, 2.05) is 40.6 Å². The Morgan fingerprint density at radius 2 is 2.05 bits per heavy atom. The van der Waals surface area contributed by atoms with E-state index >= 15 is 0 Å². The molecule has 114 valence electrons. The van der Waals surface area contributed by atoms with Gasteiger partial charge in [-0.2, -0.15) is 0 Å². The van der Waals surface area contributed by atoms with E-state index in [1.54, 1.807) is 18.6 Å². The molecule has 0 fully saturated rings. The van der Waals surface area contributed by atoms with Crippen LogP contribution in [0.5, 0.6) is 0 Å². The lowest BCUT2D eigenvalue weighted by Gasteiger charge is -2.06. The molecule has 0 amide bonds. The molecule has 0 saturated carbocycles. The van der Waals surface area contributed by atoms with Gasteiger partial charge in [-0.3, -0.25) is 0 Å². The van der Waals surface area contributed by atoms with E-state index in [1.165, 1.54) is 0 Å². The van der Waals surface area contributed by atoms with Gasteiger partial charge in [0, 0.05) is 30.8 Å².